The molecule has 1 aromatic rings. The normalized spacial score (nSPS) is 13.5. The van der Waals surface area contributed by atoms with Gasteiger partial charge in [0.25, 0.3) is 0 Å². The van der Waals surface area contributed by atoms with Gasteiger partial charge in [0.15, 0.2) is 9.84 Å². The highest BCUT2D eigenvalue weighted by Crippen LogP contribution is 2.21. The average molecular weight is 290 g/mol. The van der Waals surface area contributed by atoms with E-state index in [-0.39, 0.29) is 17.5 Å². The molecule has 1 rings (SSSR count). The molecule has 0 heterocycles. The molecule has 0 unspecified atom stereocenters. The number of nitrogens with one attached hydrogen (secondary N) is 1. The molecule has 1 aromatic carbocycles. The quantitative estimate of drug-likeness (QED) is 0.839. The molecule has 0 aliphatic rings. The number of rotatable bonds is 7. The fourth-order valence-electron chi connectivity index (χ4n) is 1.78. The Morgan fingerprint density at radius 2 is 1.94 bits per heavy atom. The standard InChI is InChI=1S/C13H20ClNO2S/c1-3-9-18(16,17)10-8-15-11(2)12-6-4-5-7-13(12)14/h4-7,11,15H,3,8-10H2,1-2H3/t11-/m0/s1. The molecule has 0 spiro atoms. The van der Waals surface area contributed by atoms with E-state index in [0.717, 1.165) is 5.56 Å². The van der Waals surface area contributed by atoms with Crippen LogP contribution in [0, 0.1) is 0 Å². The first-order valence-corrected chi connectivity index (χ1v) is 8.34. The summed E-state index contributed by atoms with van der Waals surface area (Å²) in [7, 11) is -2.92. The molecular weight excluding hydrogens is 270 g/mol. The van der Waals surface area contributed by atoms with Crippen molar-refractivity contribution < 1.29 is 8.42 Å². The van der Waals surface area contributed by atoms with Gasteiger partial charge in [0, 0.05) is 23.4 Å². The van der Waals surface area contributed by atoms with Gasteiger partial charge in [0.1, 0.15) is 0 Å². The van der Waals surface area contributed by atoms with E-state index in [9.17, 15) is 8.42 Å². The number of hydrogen-bond donors (Lipinski definition) is 1. The largest absolute Gasteiger partial charge is 0.309 e. The first kappa shape index (κ1) is 15.5. The van der Waals surface area contributed by atoms with Crippen LogP contribution in [0.25, 0.3) is 0 Å². The van der Waals surface area contributed by atoms with E-state index in [1.165, 1.54) is 0 Å². The van der Waals surface area contributed by atoms with Gasteiger partial charge in [-0.2, -0.15) is 0 Å². The highest BCUT2D eigenvalue weighted by molar-refractivity contribution is 7.91. The maximum Gasteiger partial charge on any atom is 0.151 e. The Morgan fingerprint density at radius 3 is 2.56 bits per heavy atom. The molecule has 0 fully saturated rings. The molecule has 0 radical (unpaired) electrons. The van der Waals surface area contributed by atoms with Gasteiger partial charge in [-0.05, 0) is 25.0 Å². The zero-order valence-electron chi connectivity index (χ0n) is 10.8. The van der Waals surface area contributed by atoms with Crippen LogP contribution in [0.4, 0.5) is 0 Å². The van der Waals surface area contributed by atoms with Gasteiger partial charge in [-0.3, -0.25) is 0 Å². The fraction of sp³-hybridized carbons (Fsp3) is 0.538. The van der Waals surface area contributed by atoms with Crippen LogP contribution < -0.4 is 5.32 Å². The van der Waals surface area contributed by atoms with Gasteiger partial charge < -0.3 is 5.32 Å². The number of halogens is 1. The Balaban J connectivity index is 2.48. The molecule has 0 saturated heterocycles. The lowest BCUT2D eigenvalue weighted by molar-refractivity contribution is 0.571. The van der Waals surface area contributed by atoms with Crippen LogP contribution in [0.1, 0.15) is 31.9 Å². The molecule has 5 heteroatoms. The second-order valence-electron chi connectivity index (χ2n) is 4.35. The van der Waals surface area contributed by atoms with Gasteiger partial charge in [0.2, 0.25) is 0 Å². The van der Waals surface area contributed by atoms with Crippen molar-refractivity contribution in [2.75, 3.05) is 18.1 Å². The van der Waals surface area contributed by atoms with Crippen LogP contribution in [0.3, 0.4) is 0 Å². The van der Waals surface area contributed by atoms with Crippen LogP contribution in [0.2, 0.25) is 5.02 Å². The Kier molecular flexibility index (Phi) is 6.12. The zero-order valence-corrected chi connectivity index (χ0v) is 12.4. The topological polar surface area (TPSA) is 46.2 Å². The van der Waals surface area contributed by atoms with E-state index in [0.29, 0.717) is 18.0 Å². The maximum absolute atomic E-state index is 11.5. The molecule has 102 valence electrons. The summed E-state index contributed by atoms with van der Waals surface area (Å²) in [6.45, 7) is 4.31. The molecule has 0 saturated carbocycles. The van der Waals surface area contributed by atoms with E-state index in [4.69, 9.17) is 11.6 Å². The molecule has 1 N–H and O–H groups in total. The molecule has 0 aliphatic heterocycles. The number of sulfone groups is 1. The summed E-state index contributed by atoms with van der Waals surface area (Å²) in [6.07, 6.45) is 0.669. The molecular formula is C13H20ClNO2S. The SMILES string of the molecule is CCCS(=O)(=O)CCN[C@@H](C)c1ccccc1Cl. The second kappa shape index (κ2) is 7.12. The highest BCUT2D eigenvalue weighted by atomic mass is 35.5. The summed E-state index contributed by atoms with van der Waals surface area (Å²) < 4.78 is 23.1. The Bertz CT molecular complexity index is 474. The molecule has 0 amide bonds. The maximum atomic E-state index is 11.5. The third-order valence-electron chi connectivity index (χ3n) is 2.75. The van der Waals surface area contributed by atoms with Gasteiger partial charge in [-0.15, -0.1) is 0 Å². The van der Waals surface area contributed by atoms with Crippen molar-refractivity contribution in [3.63, 3.8) is 0 Å². The second-order valence-corrected chi connectivity index (χ2v) is 7.06. The minimum Gasteiger partial charge on any atom is -0.309 e. The van der Waals surface area contributed by atoms with Gasteiger partial charge in [0.05, 0.1) is 5.75 Å². The average Bonchev–Trinajstić information content (AvgIpc) is 2.29. The lowest BCUT2D eigenvalue weighted by Gasteiger charge is -2.15. The van der Waals surface area contributed by atoms with Crippen molar-refractivity contribution >= 4 is 21.4 Å². The van der Waals surface area contributed by atoms with Crippen molar-refractivity contribution in [1.82, 2.24) is 5.32 Å². The molecule has 3 nitrogen and oxygen atoms in total. The van der Waals surface area contributed by atoms with Crippen LogP contribution in [-0.2, 0) is 9.84 Å². The van der Waals surface area contributed by atoms with E-state index in [2.05, 4.69) is 5.32 Å². The van der Waals surface area contributed by atoms with E-state index < -0.39 is 9.84 Å². The number of benzene rings is 1. The van der Waals surface area contributed by atoms with Gasteiger partial charge in [-0.1, -0.05) is 36.7 Å². The summed E-state index contributed by atoms with van der Waals surface area (Å²) in [5, 5.41) is 3.89. The Hall–Kier alpha value is -0.580. The smallest absolute Gasteiger partial charge is 0.151 e. The minimum atomic E-state index is -2.92. The number of hydrogen-bond acceptors (Lipinski definition) is 3. The molecule has 0 aromatic heterocycles. The fourth-order valence-corrected chi connectivity index (χ4v) is 3.33. The Morgan fingerprint density at radius 1 is 1.28 bits per heavy atom. The van der Waals surface area contributed by atoms with Crippen molar-refractivity contribution in [3.8, 4) is 0 Å². The molecule has 1 atom stereocenters. The highest BCUT2D eigenvalue weighted by Gasteiger charge is 2.12. The van der Waals surface area contributed by atoms with Crippen LogP contribution in [0.5, 0.6) is 0 Å². The summed E-state index contributed by atoms with van der Waals surface area (Å²) in [6, 6.07) is 7.64. The molecule has 0 bridgehead atoms. The van der Waals surface area contributed by atoms with E-state index in [1.807, 2.05) is 38.1 Å². The van der Waals surface area contributed by atoms with E-state index >= 15 is 0 Å². The summed E-state index contributed by atoms with van der Waals surface area (Å²) in [4.78, 5) is 0. The zero-order chi connectivity index (χ0) is 13.6. The molecule has 0 aliphatic carbocycles. The van der Waals surface area contributed by atoms with Crippen molar-refractivity contribution in [2.45, 2.75) is 26.3 Å². The lowest BCUT2D eigenvalue weighted by atomic mass is 10.1. The van der Waals surface area contributed by atoms with Gasteiger partial charge in [-0.25, -0.2) is 8.42 Å². The summed E-state index contributed by atoms with van der Waals surface area (Å²) in [5.74, 6) is 0.435. The van der Waals surface area contributed by atoms with Crippen molar-refractivity contribution in [3.05, 3.63) is 34.9 Å². The Labute approximate surface area is 114 Å². The first-order chi connectivity index (χ1) is 8.46. The molecule has 18 heavy (non-hydrogen) atoms. The van der Waals surface area contributed by atoms with Gasteiger partial charge >= 0.3 is 0 Å². The van der Waals surface area contributed by atoms with Crippen molar-refractivity contribution in [2.24, 2.45) is 0 Å². The lowest BCUT2D eigenvalue weighted by Crippen LogP contribution is -2.26. The minimum absolute atomic E-state index is 0.0514. The van der Waals surface area contributed by atoms with E-state index in [1.54, 1.807) is 0 Å². The summed E-state index contributed by atoms with van der Waals surface area (Å²) >= 11 is 6.08. The third-order valence-corrected chi connectivity index (χ3v) is 4.95. The monoisotopic (exact) mass is 289 g/mol. The predicted octanol–water partition coefficient (Wildman–Crippen LogP) is 2.82. The van der Waals surface area contributed by atoms with Crippen molar-refractivity contribution in [1.29, 1.82) is 0 Å². The first-order valence-electron chi connectivity index (χ1n) is 6.14. The van der Waals surface area contributed by atoms with Crippen LogP contribution in [0.15, 0.2) is 24.3 Å². The summed E-state index contributed by atoms with van der Waals surface area (Å²) in [5.41, 5.74) is 0.993. The van der Waals surface area contributed by atoms with Crippen LogP contribution >= 0.6 is 11.6 Å². The van der Waals surface area contributed by atoms with Crippen LogP contribution in [-0.4, -0.2) is 26.5 Å². The predicted molar refractivity (Wildman–Crippen MR) is 76.8 cm³/mol. The third kappa shape index (κ3) is 4.96.